The number of nitrogens with one attached hydrogen (secondary N) is 2. The van der Waals surface area contributed by atoms with Crippen molar-refractivity contribution in [1.82, 2.24) is 5.32 Å². The van der Waals surface area contributed by atoms with Gasteiger partial charge in [-0.2, -0.15) is 0 Å². The van der Waals surface area contributed by atoms with Gasteiger partial charge in [-0.3, -0.25) is 10.1 Å². The van der Waals surface area contributed by atoms with Gasteiger partial charge in [0.05, 0.1) is 7.11 Å². The molecule has 0 aliphatic carbocycles. The number of thiocarbonyl (C=S) groups is 1. The van der Waals surface area contributed by atoms with Gasteiger partial charge in [0.1, 0.15) is 5.75 Å². The Morgan fingerprint density at radius 2 is 1.74 bits per heavy atom. The number of hydrogen-bond acceptors (Lipinski definition) is 4. The first-order valence-electron chi connectivity index (χ1n) is 8.93. The lowest BCUT2D eigenvalue weighted by Gasteiger charge is -2.18. The number of carbonyl (C=O) groups is 1. The zero-order valence-electron chi connectivity index (χ0n) is 15.3. The van der Waals surface area contributed by atoms with Gasteiger partial charge in [-0.05, 0) is 73.1 Å². The number of benzene rings is 2. The molecule has 1 aliphatic rings. The molecule has 0 saturated carbocycles. The molecular formula is C21H23N3O2S. The van der Waals surface area contributed by atoms with Crippen molar-refractivity contribution >= 4 is 40.7 Å². The second-order valence-corrected chi connectivity index (χ2v) is 6.70. The van der Waals surface area contributed by atoms with E-state index in [-0.39, 0.29) is 11.0 Å². The molecule has 0 radical (unpaired) electrons. The lowest BCUT2D eigenvalue weighted by atomic mass is 10.2. The standard InChI is InChI=1S/C21H23N3O2S/c1-26-19-11-4-16(5-12-19)6-13-20(25)23-21(27)22-17-7-9-18(10-8-17)24-14-2-3-15-24/h4-13H,2-3,14-15H2,1H3,(H2,22,23,25,27). The molecule has 6 heteroatoms. The molecule has 1 fully saturated rings. The van der Waals surface area contributed by atoms with E-state index in [0.717, 1.165) is 30.1 Å². The van der Waals surface area contributed by atoms with Gasteiger partial charge < -0.3 is 15.0 Å². The van der Waals surface area contributed by atoms with Crippen LogP contribution in [0, 0.1) is 0 Å². The molecule has 2 aromatic carbocycles. The normalized spacial score (nSPS) is 13.6. The van der Waals surface area contributed by atoms with Crippen molar-refractivity contribution in [1.29, 1.82) is 0 Å². The summed E-state index contributed by atoms with van der Waals surface area (Å²) in [5.41, 5.74) is 2.97. The first-order chi connectivity index (χ1) is 13.1. The number of hydrogen-bond donors (Lipinski definition) is 2. The Hall–Kier alpha value is -2.86. The highest BCUT2D eigenvalue weighted by molar-refractivity contribution is 7.80. The largest absolute Gasteiger partial charge is 0.497 e. The summed E-state index contributed by atoms with van der Waals surface area (Å²) >= 11 is 5.21. The van der Waals surface area contributed by atoms with Crippen molar-refractivity contribution in [2.45, 2.75) is 12.8 Å². The molecule has 0 spiro atoms. The predicted molar refractivity (Wildman–Crippen MR) is 114 cm³/mol. The molecule has 5 nitrogen and oxygen atoms in total. The summed E-state index contributed by atoms with van der Waals surface area (Å²) in [6.45, 7) is 2.23. The maximum atomic E-state index is 12.0. The average Bonchev–Trinajstić information content (AvgIpc) is 3.22. The van der Waals surface area contributed by atoms with Crippen molar-refractivity contribution in [3.63, 3.8) is 0 Å². The summed E-state index contributed by atoms with van der Waals surface area (Å²) in [4.78, 5) is 14.4. The van der Waals surface area contributed by atoms with Crippen LogP contribution >= 0.6 is 12.2 Å². The molecule has 2 aromatic rings. The first kappa shape index (κ1) is 18.9. The third-order valence-electron chi connectivity index (χ3n) is 4.38. The number of amides is 1. The van der Waals surface area contributed by atoms with Gasteiger partial charge in [0, 0.05) is 30.5 Å². The summed E-state index contributed by atoms with van der Waals surface area (Å²) in [6.07, 6.45) is 5.68. The summed E-state index contributed by atoms with van der Waals surface area (Å²) < 4.78 is 5.11. The topological polar surface area (TPSA) is 53.6 Å². The highest BCUT2D eigenvalue weighted by Crippen LogP contribution is 2.22. The Balaban J connectivity index is 1.49. The van der Waals surface area contributed by atoms with Crippen LogP contribution in [0.25, 0.3) is 6.08 Å². The van der Waals surface area contributed by atoms with Crippen molar-refractivity contribution in [2.24, 2.45) is 0 Å². The second kappa shape index (κ2) is 9.19. The molecule has 0 atom stereocenters. The van der Waals surface area contributed by atoms with E-state index in [1.807, 2.05) is 36.4 Å². The minimum Gasteiger partial charge on any atom is -0.497 e. The van der Waals surface area contributed by atoms with Gasteiger partial charge in [0.25, 0.3) is 0 Å². The SMILES string of the molecule is COc1ccc(C=CC(=O)NC(=S)Nc2ccc(N3CCCC3)cc2)cc1. The predicted octanol–water partition coefficient (Wildman–Crippen LogP) is 3.82. The zero-order valence-corrected chi connectivity index (χ0v) is 16.1. The lowest BCUT2D eigenvalue weighted by molar-refractivity contribution is -0.115. The van der Waals surface area contributed by atoms with Gasteiger partial charge >= 0.3 is 0 Å². The molecule has 1 amide bonds. The molecule has 27 heavy (non-hydrogen) atoms. The van der Waals surface area contributed by atoms with Gasteiger partial charge in [0.2, 0.25) is 5.91 Å². The van der Waals surface area contributed by atoms with E-state index < -0.39 is 0 Å². The van der Waals surface area contributed by atoms with Crippen LogP contribution in [0.1, 0.15) is 18.4 Å². The van der Waals surface area contributed by atoms with E-state index in [4.69, 9.17) is 17.0 Å². The molecule has 0 bridgehead atoms. The van der Waals surface area contributed by atoms with Crippen LogP contribution in [-0.4, -0.2) is 31.2 Å². The zero-order chi connectivity index (χ0) is 19.1. The van der Waals surface area contributed by atoms with Crippen molar-refractivity contribution in [2.75, 3.05) is 30.4 Å². The van der Waals surface area contributed by atoms with Gasteiger partial charge in [-0.15, -0.1) is 0 Å². The third kappa shape index (κ3) is 5.56. The molecule has 3 rings (SSSR count). The van der Waals surface area contributed by atoms with E-state index in [1.165, 1.54) is 24.6 Å². The monoisotopic (exact) mass is 381 g/mol. The Morgan fingerprint density at radius 3 is 2.37 bits per heavy atom. The molecule has 1 saturated heterocycles. The van der Waals surface area contributed by atoms with Crippen LogP contribution in [0.15, 0.2) is 54.6 Å². The van der Waals surface area contributed by atoms with Gasteiger partial charge in [0.15, 0.2) is 5.11 Å². The van der Waals surface area contributed by atoms with E-state index in [1.54, 1.807) is 13.2 Å². The Kier molecular flexibility index (Phi) is 6.44. The maximum absolute atomic E-state index is 12.0. The number of rotatable bonds is 5. The van der Waals surface area contributed by atoms with E-state index in [0.29, 0.717) is 0 Å². The van der Waals surface area contributed by atoms with Crippen molar-refractivity contribution in [3.05, 3.63) is 60.2 Å². The molecular weight excluding hydrogens is 358 g/mol. The van der Waals surface area contributed by atoms with Crippen LogP contribution in [0.5, 0.6) is 5.75 Å². The third-order valence-corrected chi connectivity index (χ3v) is 4.58. The fourth-order valence-electron chi connectivity index (χ4n) is 2.93. The number of methoxy groups -OCH3 is 1. The highest BCUT2D eigenvalue weighted by Gasteiger charge is 2.11. The van der Waals surface area contributed by atoms with Crippen LogP contribution < -0.4 is 20.3 Å². The number of nitrogens with zero attached hydrogens (tertiary/aromatic N) is 1. The summed E-state index contributed by atoms with van der Waals surface area (Å²) in [5.74, 6) is 0.495. The molecule has 1 heterocycles. The smallest absolute Gasteiger partial charge is 0.250 e. The first-order valence-corrected chi connectivity index (χ1v) is 9.34. The lowest BCUT2D eigenvalue weighted by Crippen LogP contribution is -2.32. The molecule has 140 valence electrons. The molecule has 1 aliphatic heterocycles. The Labute approximate surface area is 165 Å². The van der Waals surface area contributed by atoms with Crippen molar-refractivity contribution < 1.29 is 9.53 Å². The van der Waals surface area contributed by atoms with Crippen molar-refractivity contribution in [3.8, 4) is 5.75 Å². The number of anilines is 2. The van der Waals surface area contributed by atoms with Gasteiger partial charge in [-0.25, -0.2) is 0 Å². The molecule has 0 aromatic heterocycles. The molecule has 0 unspecified atom stereocenters. The average molecular weight is 382 g/mol. The van der Waals surface area contributed by atoms with E-state index >= 15 is 0 Å². The van der Waals surface area contributed by atoms with Crippen LogP contribution in [0.4, 0.5) is 11.4 Å². The van der Waals surface area contributed by atoms with Crippen LogP contribution in [0.2, 0.25) is 0 Å². The fourth-order valence-corrected chi connectivity index (χ4v) is 3.15. The quantitative estimate of drug-likeness (QED) is 0.609. The highest BCUT2D eigenvalue weighted by atomic mass is 32.1. The summed E-state index contributed by atoms with van der Waals surface area (Å²) in [5, 5.41) is 5.96. The molecule has 2 N–H and O–H groups in total. The maximum Gasteiger partial charge on any atom is 0.250 e. The van der Waals surface area contributed by atoms with E-state index in [9.17, 15) is 4.79 Å². The Morgan fingerprint density at radius 1 is 1.07 bits per heavy atom. The Bertz CT molecular complexity index is 810. The summed E-state index contributed by atoms with van der Waals surface area (Å²) in [7, 11) is 1.62. The number of ether oxygens (including phenoxy) is 1. The van der Waals surface area contributed by atoms with Crippen LogP contribution in [0.3, 0.4) is 0 Å². The summed E-state index contributed by atoms with van der Waals surface area (Å²) in [6, 6.07) is 15.5. The van der Waals surface area contributed by atoms with Gasteiger partial charge in [-0.1, -0.05) is 12.1 Å². The number of carbonyl (C=O) groups excluding carboxylic acids is 1. The fraction of sp³-hybridized carbons (Fsp3) is 0.238. The minimum atomic E-state index is -0.281. The minimum absolute atomic E-state index is 0.272. The second-order valence-electron chi connectivity index (χ2n) is 6.29. The van der Waals surface area contributed by atoms with E-state index in [2.05, 4.69) is 27.7 Å². The van der Waals surface area contributed by atoms with Crippen LogP contribution in [-0.2, 0) is 4.79 Å².